The molecular formula is C90H78Cl4F8N18O4. The van der Waals surface area contributed by atoms with Crippen molar-refractivity contribution in [3.8, 4) is 105 Å². The molecule has 4 saturated carbocycles. The Balaban J connectivity index is 0.000000142. The van der Waals surface area contributed by atoms with E-state index in [1.54, 1.807) is 130 Å². The molecule has 0 N–H and O–H groups in total. The first-order valence-corrected chi connectivity index (χ1v) is 40.4. The van der Waals surface area contributed by atoms with Crippen LogP contribution in [-0.4, -0.2) is 101 Å². The van der Waals surface area contributed by atoms with Crippen molar-refractivity contribution >= 4 is 81.7 Å². The number of terminal acetylenes is 2. The molecule has 4 aliphatic carbocycles. The Labute approximate surface area is 727 Å². The van der Waals surface area contributed by atoms with Gasteiger partial charge in [-0.05, 0) is 134 Å². The van der Waals surface area contributed by atoms with Gasteiger partial charge in [0.15, 0.2) is 46.4 Å². The maximum atomic E-state index is 14.0. The summed E-state index contributed by atoms with van der Waals surface area (Å²) in [6.07, 6.45) is 35.1. The number of Topliss-reactive ketones (excluding diaryl/α,β-unsaturated/α-hetero) is 4. The van der Waals surface area contributed by atoms with Crippen molar-refractivity contribution in [1.82, 2.24) is 78.2 Å². The van der Waals surface area contributed by atoms with Crippen LogP contribution in [0.15, 0.2) is 136 Å². The van der Waals surface area contributed by atoms with Crippen LogP contribution in [0.25, 0.3) is 79.9 Å². The summed E-state index contributed by atoms with van der Waals surface area (Å²) in [5.41, 5.74) is 4.72. The van der Waals surface area contributed by atoms with Crippen molar-refractivity contribution in [3.05, 3.63) is 223 Å². The van der Waals surface area contributed by atoms with E-state index in [0.717, 1.165) is 70.1 Å². The van der Waals surface area contributed by atoms with Gasteiger partial charge in [-0.2, -0.15) is 86.4 Å². The standard InChI is InChI=1S/C23H20ClF2N5O.C23H18ClF2N5O.C22H21ClF2N4O.C22H19ClF2N4O/c2*1-4-16-20(22(2,25)26)29-30(3)21(16)31-12-15(11-28-31)14-5-6-18(24)17(9-14)19(32)10-23(13-27)7-8-23;2*1-4-16-20(22(2,24)25)27-28(3)21(16)29-12-15(11-26-29)14-7-8-18(23)17(10-14)19(30)9-13-5-6-13/h4-6,9,11-12H,1,7-8,10H2,2-3H3;1,5-6,9,11-12H,7-8,10H2,2-3H3;4,7-8,10-13H,1,5-6,9H2,2-3H3;1,7-8,10-13H,5-6,9H2,2-3H3. The topological polar surface area (TPSA) is 258 Å². The average Bonchev–Trinajstić information content (AvgIpc) is 1.62. The van der Waals surface area contributed by atoms with Crippen LogP contribution < -0.4 is 0 Å². The molecule has 0 atom stereocenters. The van der Waals surface area contributed by atoms with Crippen LogP contribution >= 0.6 is 46.4 Å². The summed E-state index contributed by atoms with van der Waals surface area (Å²) < 4.78 is 122. The summed E-state index contributed by atoms with van der Waals surface area (Å²) >= 11 is 25.0. The molecule has 0 unspecified atom stereocenters. The van der Waals surface area contributed by atoms with Crippen molar-refractivity contribution in [3.63, 3.8) is 0 Å². The molecule has 4 aromatic carbocycles. The molecule has 16 rings (SSSR count). The molecule has 8 aromatic heterocycles. The number of benzene rings is 4. The fourth-order valence-electron chi connectivity index (χ4n) is 14.2. The highest BCUT2D eigenvalue weighted by atomic mass is 35.5. The average molecular weight is 1770 g/mol. The van der Waals surface area contributed by atoms with Gasteiger partial charge in [-0.15, -0.1) is 12.8 Å². The lowest BCUT2D eigenvalue weighted by Crippen LogP contribution is -2.10. The van der Waals surface area contributed by atoms with Gasteiger partial charge in [-0.1, -0.05) is 108 Å². The number of hydrogen-bond acceptors (Lipinski definition) is 14. The lowest BCUT2D eigenvalue weighted by Gasteiger charge is -2.09. The van der Waals surface area contributed by atoms with Crippen LogP contribution in [0, 0.1) is 70.0 Å². The molecular weight excluding hydrogens is 1690 g/mol. The van der Waals surface area contributed by atoms with E-state index in [4.69, 9.17) is 59.3 Å². The van der Waals surface area contributed by atoms with Gasteiger partial charge < -0.3 is 0 Å². The zero-order valence-electron chi connectivity index (χ0n) is 68.1. The number of halogens is 12. The number of rotatable bonds is 26. The maximum absolute atomic E-state index is 14.0. The van der Waals surface area contributed by atoms with Crippen molar-refractivity contribution in [2.75, 3.05) is 0 Å². The number of nitriles is 2. The third-order valence-corrected chi connectivity index (χ3v) is 22.9. The number of alkyl halides is 8. The van der Waals surface area contributed by atoms with Gasteiger partial charge in [-0.25, -0.2) is 37.5 Å². The second kappa shape index (κ2) is 34.6. The first-order chi connectivity index (χ1) is 58.5. The van der Waals surface area contributed by atoms with E-state index in [1.807, 2.05) is 0 Å². The van der Waals surface area contributed by atoms with E-state index in [-0.39, 0.29) is 81.3 Å². The summed E-state index contributed by atoms with van der Waals surface area (Å²) in [6, 6.07) is 24.9. The molecule has 0 amide bonds. The number of ketones is 4. The molecule has 0 spiro atoms. The zero-order chi connectivity index (χ0) is 89.8. The van der Waals surface area contributed by atoms with E-state index in [0.29, 0.717) is 132 Å². The Morgan fingerprint density at radius 3 is 0.911 bits per heavy atom. The quantitative estimate of drug-likeness (QED) is 0.0277. The molecule has 4 fully saturated rings. The summed E-state index contributed by atoms with van der Waals surface area (Å²) in [4.78, 5) is 50.6. The molecule has 0 aliphatic heterocycles. The SMILES string of the molecule is C#Cc1c(C(C)(F)F)nn(C)c1-n1cc(-c2ccc(Cl)c(C(=O)CC3(C#N)CC3)c2)cn1.C#Cc1c(C(C)(F)F)nn(C)c1-n1cc(-c2ccc(Cl)c(C(=O)CC3CC3)c2)cn1.C=Cc1c(C(C)(F)F)nn(C)c1-n1cc(-c2ccc(Cl)c(C(=O)CC3(C#N)CC3)c2)cn1.C=Cc1c(C(C)(F)F)nn(C)c1-n1cc(-c2ccc(Cl)c(C(=O)CC3CC3)c2)cn1. The Morgan fingerprint density at radius 1 is 0.427 bits per heavy atom. The highest BCUT2D eigenvalue weighted by molar-refractivity contribution is 6.35. The van der Waals surface area contributed by atoms with Crippen LogP contribution in [-0.2, 0) is 51.9 Å². The second-order valence-electron chi connectivity index (χ2n) is 31.6. The third kappa shape index (κ3) is 19.1. The van der Waals surface area contributed by atoms with Crippen LogP contribution in [0.1, 0.15) is 191 Å². The summed E-state index contributed by atoms with van der Waals surface area (Å²) in [6.45, 7) is 10.4. The first kappa shape index (κ1) is 89.2. The monoisotopic (exact) mass is 1770 g/mol. The number of aryl methyl sites for hydroxylation is 4. The number of nitrogens with zero attached hydrogens (tertiary/aromatic N) is 18. The molecule has 636 valence electrons. The summed E-state index contributed by atoms with van der Waals surface area (Å²) in [5, 5.41) is 52.9. The van der Waals surface area contributed by atoms with Crippen molar-refractivity contribution in [2.24, 2.45) is 50.9 Å². The van der Waals surface area contributed by atoms with Crippen LogP contribution in [0.2, 0.25) is 20.1 Å². The molecule has 22 nitrogen and oxygen atoms in total. The van der Waals surface area contributed by atoms with E-state index in [2.05, 4.69) is 77.9 Å². The largest absolute Gasteiger partial charge is 0.294 e. The summed E-state index contributed by atoms with van der Waals surface area (Å²) in [5.74, 6) is -6.21. The maximum Gasteiger partial charge on any atom is 0.290 e. The number of hydrogen-bond donors (Lipinski definition) is 0. The predicted molar refractivity (Wildman–Crippen MR) is 453 cm³/mol. The minimum absolute atomic E-state index is 0.0175. The Hall–Kier alpha value is -12.6. The molecule has 4 aliphatic rings. The van der Waals surface area contributed by atoms with E-state index in [9.17, 15) is 64.8 Å². The van der Waals surface area contributed by atoms with Crippen molar-refractivity contribution in [2.45, 2.75) is 128 Å². The number of aromatic nitrogens is 16. The van der Waals surface area contributed by atoms with Crippen LogP contribution in [0.4, 0.5) is 35.1 Å². The normalized spacial score (nSPS) is 14.4. The Bertz CT molecular complexity index is 6440. The van der Waals surface area contributed by atoms with Gasteiger partial charge in [0.05, 0.1) is 79.0 Å². The minimum Gasteiger partial charge on any atom is -0.294 e. The van der Waals surface area contributed by atoms with Gasteiger partial charge in [0.1, 0.15) is 22.8 Å². The minimum atomic E-state index is -3.21. The fraction of sp³-hybridized carbons (Fsp3) is 0.311. The highest BCUT2D eigenvalue weighted by Crippen LogP contribution is 2.51. The van der Waals surface area contributed by atoms with Gasteiger partial charge in [-0.3, -0.25) is 19.2 Å². The van der Waals surface area contributed by atoms with Crippen LogP contribution in [0.5, 0.6) is 0 Å². The molecule has 34 heteroatoms. The van der Waals surface area contributed by atoms with E-state index in [1.165, 1.54) is 69.9 Å². The van der Waals surface area contributed by atoms with Gasteiger partial charge >= 0.3 is 0 Å². The lowest BCUT2D eigenvalue weighted by atomic mass is 9.95. The Kier molecular flexibility index (Phi) is 24.9. The van der Waals surface area contributed by atoms with Crippen LogP contribution in [0.3, 0.4) is 0 Å². The molecule has 124 heavy (non-hydrogen) atoms. The summed E-state index contributed by atoms with van der Waals surface area (Å²) in [7, 11) is 6.18. The highest BCUT2D eigenvalue weighted by Gasteiger charge is 2.47. The lowest BCUT2D eigenvalue weighted by molar-refractivity contribution is 0.0113. The number of carbonyl (C=O) groups excluding carboxylic acids is 4. The van der Waals surface area contributed by atoms with E-state index >= 15 is 0 Å². The fourth-order valence-corrected chi connectivity index (χ4v) is 15.1. The molecule has 8 heterocycles. The molecule has 0 saturated heterocycles. The molecule has 0 bridgehead atoms. The molecule has 12 aromatic rings. The van der Waals surface area contributed by atoms with Crippen molar-refractivity contribution in [1.29, 1.82) is 10.5 Å². The van der Waals surface area contributed by atoms with Gasteiger partial charge in [0.2, 0.25) is 0 Å². The number of carbonyl (C=O) groups is 4. The third-order valence-electron chi connectivity index (χ3n) is 21.6. The van der Waals surface area contributed by atoms with Crippen molar-refractivity contribution < 1.29 is 54.3 Å². The predicted octanol–water partition coefficient (Wildman–Crippen LogP) is 21.1. The zero-order valence-corrected chi connectivity index (χ0v) is 71.2. The first-order valence-electron chi connectivity index (χ1n) is 38.9. The van der Waals surface area contributed by atoms with Gasteiger partial charge in [0.25, 0.3) is 23.7 Å². The molecule has 0 radical (unpaired) electrons. The second-order valence-corrected chi connectivity index (χ2v) is 33.2. The smallest absolute Gasteiger partial charge is 0.290 e. The van der Waals surface area contributed by atoms with E-state index < -0.39 is 45.9 Å². The van der Waals surface area contributed by atoms with Gasteiger partial charge in [0, 0.05) is 162 Å². The Morgan fingerprint density at radius 2 is 0.677 bits per heavy atom.